The van der Waals surface area contributed by atoms with Gasteiger partial charge < -0.3 is 15.0 Å². The lowest BCUT2D eigenvalue weighted by Gasteiger charge is -2.33. The first-order valence-corrected chi connectivity index (χ1v) is 13.0. The molecule has 0 spiro atoms. The van der Waals surface area contributed by atoms with E-state index in [2.05, 4.69) is 74.5 Å². The van der Waals surface area contributed by atoms with E-state index in [0.717, 1.165) is 31.5 Å². The minimum Gasteiger partial charge on any atom is -0.387 e. The molecule has 35 heavy (non-hydrogen) atoms. The normalized spacial score (nSPS) is 16.6. The van der Waals surface area contributed by atoms with Crippen LogP contribution in [0.4, 0.5) is 0 Å². The summed E-state index contributed by atoms with van der Waals surface area (Å²) in [5.74, 6) is 0.970. The van der Waals surface area contributed by atoms with Crippen LogP contribution in [-0.2, 0) is 0 Å². The Morgan fingerprint density at radius 2 is 1.83 bits per heavy atom. The average Bonchev–Trinajstić information content (AvgIpc) is 3.23. The van der Waals surface area contributed by atoms with Crippen LogP contribution < -0.4 is 0 Å². The Hall–Kier alpha value is -2.88. The van der Waals surface area contributed by atoms with Gasteiger partial charge >= 0.3 is 0 Å². The summed E-state index contributed by atoms with van der Waals surface area (Å²) in [6.07, 6.45) is 8.04. The molecule has 3 heteroatoms. The number of β-amino-alcohol motifs (C(OH)–C–C–N with tert-alkyl or cyclic N) is 1. The second-order valence-corrected chi connectivity index (χ2v) is 10.5. The van der Waals surface area contributed by atoms with Crippen molar-refractivity contribution in [1.29, 1.82) is 0 Å². The largest absolute Gasteiger partial charge is 0.387 e. The average molecular weight is 469 g/mol. The zero-order valence-electron chi connectivity index (χ0n) is 21.7. The smallest absolute Gasteiger partial charge is 0.0916 e. The molecule has 3 nitrogen and oxygen atoms in total. The molecule has 0 bridgehead atoms. The van der Waals surface area contributed by atoms with E-state index in [1.165, 1.54) is 38.9 Å². The minimum atomic E-state index is -0.422. The molecule has 0 radical (unpaired) electrons. The fourth-order valence-electron chi connectivity index (χ4n) is 5.43. The topological polar surface area (TPSA) is 39.3 Å². The molecule has 1 unspecified atom stereocenters. The Kier molecular flexibility index (Phi) is 8.10. The van der Waals surface area contributed by atoms with E-state index in [9.17, 15) is 5.11 Å². The summed E-state index contributed by atoms with van der Waals surface area (Å²) < 4.78 is 0. The number of allylic oxidation sites excluding steroid dienone is 5. The van der Waals surface area contributed by atoms with Crippen LogP contribution in [0.3, 0.4) is 0 Å². The van der Waals surface area contributed by atoms with Crippen molar-refractivity contribution in [3.63, 3.8) is 0 Å². The van der Waals surface area contributed by atoms with Crippen LogP contribution in [0.25, 0.3) is 16.5 Å². The van der Waals surface area contributed by atoms with Gasteiger partial charge in [0, 0.05) is 23.1 Å². The summed E-state index contributed by atoms with van der Waals surface area (Å²) in [5, 5.41) is 12.0. The van der Waals surface area contributed by atoms with Crippen molar-refractivity contribution >= 4 is 16.5 Å². The molecule has 0 aliphatic carbocycles. The lowest BCUT2D eigenvalue weighted by molar-refractivity contribution is 0.0973. The third kappa shape index (κ3) is 5.86. The molecule has 2 heterocycles. The molecule has 1 aromatic heterocycles. The molecule has 1 aliphatic rings. The van der Waals surface area contributed by atoms with Crippen LogP contribution in [0.1, 0.15) is 80.9 Å². The third-order valence-electron chi connectivity index (χ3n) is 7.14. The molecular formula is C32H40N2O. The quantitative estimate of drug-likeness (QED) is 0.332. The highest BCUT2D eigenvalue weighted by molar-refractivity contribution is 5.92. The van der Waals surface area contributed by atoms with Gasteiger partial charge in [-0.2, -0.15) is 0 Å². The Morgan fingerprint density at radius 1 is 1.11 bits per heavy atom. The molecule has 2 N–H and O–H groups in total. The highest BCUT2D eigenvalue weighted by Crippen LogP contribution is 2.37. The van der Waals surface area contributed by atoms with Gasteiger partial charge in [-0.3, -0.25) is 0 Å². The number of aliphatic hydroxyl groups is 1. The highest BCUT2D eigenvalue weighted by atomic mass is 16.3. The maximum atomic E-state index is 10.6. The van der Waals surface area contributed by atoms with E-state index >= 15 is 0 Å². The number of aliphatic hydroxyl groups excluding tert-OH is 1. The summed E-state index contributed by atoms with van der Waals surface area (Å²) in [5.41, 5.74) is 8.69. The molecule has 1 saturated heterocycles. The van der Waals surface area contributed by atoms with E-state index in [0.29, 0.717) is 18.4 Å². The molecule has 4 rings (SSSR count). The summed E-state index contributed by atoms with van der Waals surface area (Å²) in [7, 11) is 0. The lowest BCUT2D eigenvalue weighted by atomic mass is 9.87. The summed E-state index contributed by atoms with van der Waals surface area (Å²) in [4.78, 5) is 6.12. The number of piperidine rings is 1. The van der Waals surface area contributed by atoms with Gasteiger partial charge in [0.2, 0.25) is 0 Å². The van der Waals surface area contributed by atoms with Gasteiger partial charge in [0.1, 0.15) is 0 Å². The van der Waals surface area contributed by atoms with Crippen molar-refractivity contribution in [3.05, 3.63) is 101 Å². The summed E-state index contributed by atoms with van der Waals surface area (Å²) in [6, 6.07) is 17.0. The van der Waals surface area contributed by atoms with Crippen LogP contribution in [0.15, 0.2) is 78.9 Å². The Balaban J connectivity index is 1.54. The predicted molar refractivity (Wildman–Crippen MR) is 150 cm³/mol. The van der Waals surface area contributed by atoms with Gasteiger partial charge in [-0.25, -0.2) is 0 Å². The monoisotopic (exact) mass is 468 g/mol. The number of benzene rings is 2. The first-order valence-electron chi connectivity index (χ1n) is 13.0. The van der Waals surface area contributed by atoms with E-state index in [1.807, 2.05) is 36.4 Å². The number of likely N-dealkylation sites (tertiary alicyclic amines) is 1. The second kappa shape index (κ2) is 11.2. The fraction of sp³-hybridized carbons (Fsp3) is 0.375. The number of nitrogens with one attached hydrogen (secondary N) is 1. The number of hydrogen-bond acceptors (Lipinski definition) is 2. The van der Waals surface area contributed by atoms with Gasteiger partial charge in [-0.1, -0.05) is 80.6 Å². The molecular weight excluding hydrogens is 428 g/mol. The molecule has 3 aromatic rings. The Morgan fingerprint density at radius 3 is 2.46 bits per heavy atom. The van der Waals surface area contributed by atoms with Crippen molar-refractivity contribution in [2.45, 2.75) is 58.5 Å². The number of rotatable bonds is 8. The van der Waals surface area contributed by atoms with Crippen molar-refractivity contribution in [1.82, 2.24) is 9.88 Å². The van der Waals surface area contributed by atoms with Crippen LogP contribution in [0, 0.1) is 0 Å². The van der Waals surface area contributed by atoms with E-state index < -0.39 is 6.10 Å². The summed E-state index contributed by atoms with van der Waals surface area (Å²) in [6.45, 7) is 15.5. The number of H-pyrrole nitrogens is 1. The van der Waals surface area contributed by atoms with Gasteiger partial charge in [-0.15, -0.1) is 0 Å². The number of hydrogen-bond donors (Lipinski definition) is 2. The van der Waals surface area contributed by atoms with Crippen molar-refractivity contribution in [3.8, 4) is 0 Å². The summed E-state index contributed by atoms with van der Waals surface area (Å²) >= 11 is 0. The van der Waals surface area contributed by atoms with Crippen molar-refractivity contribution < 1.29 is 5.11 Å². The van der Waals surface area contributed by atoms with E-state index in [1.54, 1.807) is 0 Å². The lowest BCUT2D eigenvalue weighted by Crippen LogP contribution is -2.36. The van der Waals surface area contributed by atoms with Gasteiger partial charge in [0.15, 0.2) is 0 Å². The van der Waals surface area contributed by atoms with Crippen LogP contribution in [0.5, 0.6) is 0 Å². The molecule has 0 amide bonds. The van der Waals surface area contributed by atoms with Crippen LogP contribution in [-0.4, -0.2) is 34.6 Å². The number of aromatic nitrogens is 1. The van der Waals surface area contributed by atoms with Crippen molar-refractivity contribution in [2.24, 2.45) is 0 Å². The highest BCUT2D eigenvalue weighted by Gasteiger charge is 2.24. The zero-order chi connectivity index (χ0) is 24.9. The molecule has 1 fully saturated rings. The van der Waals surface area contributed by atoms with Crippen LogP contribution >= 0.6 is 0 Å². The van der Waals surface area contributed by atoms with Crippen molar-refractivity contribution in [2.75, 3.05) is 19.6 Å². The maximum Gasteiger partial charge on any atom is 0.0916 e. The maximum absolute atomic E-state index is 10.6. The third-order valence-corrected chi connectivity index (χ3v) is 7.14. The SMILES string of the molecule is C=C/C=C(\C=C(C)C)c1[nH]c2ccc(C3CCN(CC(O)c4ccccc4)CC3)cc2c1C(C)C. The number of nitrogens with zero attached hydrogens (tertiary/aromatic N) is 1. The molecule has 2 aromatic carbocycles. The standard InChI is InChI=1S/C32H40N2O/c1-6-10-27(19-22(2)3)32-31(23(4)5)28-20-26(13-14-29(28)33-32)24-15-17-34(18-16-24)21-30(35)25-11-8-7-9-12-25/h6-14,19-20,23-24,30,33,35H,1,15-18,21H2,2-5H3/b27-10+. The van der Waals surface area contributed by atoms with Gasteiger partial charge in [-0.05, 0) is 86.0 Å². The molecule has 0 saturated carbocycles. The van der Waals surface area contributed by atoms with Crippen LogP contribution in [0.2, 0.25) is 0 Å². The van der Waals surface area contributed by atoms with Gasteiger partial charge in [0.05, 0.1) is 6.10 Å². The Bertz CT molecular complexity index is 1200. The molecule has 1 atom stereocenters. The molecule has 1 aliphatic heterocycles. The number of fused-ring (bicyclic) bond motifs is 1. The predicted octanol–water partition coefficient (Wildman–Crippen LogP) is 7.74. The molecule has 184 valence electrons. The fourth-order valence-corrected chi connectivity index (χ4v) is 5.43. The zero-order valence-corrected chi connectivity index (χ0v) is 21.7. The second-order valence-electron chi connectivity index (χ2n) is 10.5. The Labute approximate surface area is 210 Å². The van der Waals surface area contributed by atoms with Gasteiger partial charge in [0.25, 0.3) is 0 Å². The van der Waals surface area contributed by atoms with E-state index in [4.69, 9.17) is 0 Å². The van der Waals surface area contributed by atoms with E-state index in [-0.39, 0.29) is 0 Å². The first kappa shape index (κ1) is 25.2. The first-order chi connectivity index (χ1) is 16.9. The minimum absolute atomic E-state index is 0.411. The number of aromatic amines is 1.